The number of hydrogen-bond acceptors (Lipinski definition) is 2. The molecule has 0 fully saturated rings. The van der Waals surface area contributed by atoms with Gasteiger partial charge in [0.1, 0.15) is 0 Å². The molecule has 0 amide bonds. The van der Waals surface area contributed by atoms with Crippen LogP contribution in [-0.4, -0.2) is 16.1 Å². The third-order valence-electron chi connectivity index (χ3n) is 4.56. The third-order valence-corrected chi connectivity index (χ3v) is 4.56. The zero-order valence-corrected chi connectivity index (χ0v) is 14.2. The van der Waals surface area contributed by atoms with Gasteiger partial charge in [0.15, 0.2) is 0 Å². The normalized spacial score (nSPS) is 12.7. The molecule has 1 heterocycles. The first-order valence-electron chi connectivity index (χ1n) is 8.35. The molecule has 0 aliphatic carbocycles. The second kappa shape index (κ2) is 6.97. The minimum absolute atomic E-state index is 0.389. The lowest BCUT2D eigenvalue weighted by atomic mass is 10.1. The molecule has 3 nitrogen and oxygen atoms in total. The summed E-state index contributed by atoms with van der Waals surface area (Å²) in [5.74, 6) is 0. The van der Waals surface area contributed by atoms with Gasteiger partial charge in [-0.25, -0.2) is 4.98 Å². The van der Waals surface area contributed by atoms with E-state index < -0.39 is 0 Å². The molecule has 0 bridgehead atoms. The van der Waals surface area contributed by atoms with E-state index in [0.29, 0.717) is 6.04 Å². The van der Waals surface area contributed by atoms with Crippen LogP contribution in [-0.2, 0) is 6.54 Å². The maximum Gasteiger partial charge on any atom is 0.0958 e. The Hall–Kier alpha value is -2.13. The highest BCUT2D eigenvalue weighted by Crippen LogP contribution is 2.18. The Balaban J connectivity index is 1.56. The molecule has 1 atom stereocenters. The number of benzene rings is 2. The van der Waals surface area contributed by atoms with E-state index in [2.05, 4.69) is 78.1 Å². The summed E-state index contributed by atoms with van der Waals surface area (Å²) in [5, 5.41) is 3.60. The quantitative estimate of drug-likeness (QED) is 0.684. The molecule has 0 aliphatic rings. The van der Waals surface area contributed by atoms with E-state index in [4.69, 9.17) is 0 Å². The Labute approximate surface area is 138 Å². The fraction of sp³-hybridized carbons (Fsp3) is 0.350. The van der Waals surface area contributed by atoms with Gasteiger partial charge >= 0.3 is 0 Å². The van der Waals surface area contributed by atoms with Gasteiger partial charge in [-0.05, 0) is 62.6 Å². The standard InChI is InChI=1S/C20H25N3/c1-15-12-19-20(13-16(15)2)23(14-22-19)11-7-10-21-17(3)18-8-5-4-6-9-18/h4-6,8-9,12-14,17,21H,7,10-11H2,1-3H3. The van der Waals surface area contributed by atoms with E-state index in [0.717, 1.165) is 25.0 Å². The summed E-state index contributed by atoms with van der Waals surface area (Å²) in [6.07, 6.45) is 3.06. The van der Waals surface area contributed by atoms with Crippen LogP contribution in [0.4, 0.5) is 0 Å². The van der Waals surface area contributed by atoms with Crippen molar-refractivity contribution in [2.75, 3.05) is 6.54 Å². The largest absolute Gasteiger partial charge is 0.331 e. The molecule has 0 saturated carbocycles. The molecule has 3 aromatic rings. The number of nitrogens with one attached hydrogen (secondary N) is 1. The van der Waals surface area contributed by atoms with Crippen LogP contribution in [0.5, 0.6) is 0 Å². The van der Waals surface area contributed by atoms with Crippen LogP contribution < -0.4 is 5.32 Å². The second-order valence-corrected chi connectivity index (χ2v) is 6.30. The SMILES string of the molecule is Cc1cc2ncn(CCCNC(C)c3ccccc3)c2cc1C. The molecule has 0 spiro atoms. The van der Waals surface area contributed by atoms with Crippen LogP contribution in [0.25, 0.3) is 11.0 Å². The maximum atomic E-state index is 4.52. The summed E-state index contributed by atoms with van der Waals surface area (Å²) in [7, 11) is 0. The fourth-order valence-corrected chi connectivity index (χ4v) is 2.92. The van der Waals surface area contributed by atoms with Crippen molar-refractivity contribution in [3.05, 3.63) is 65.5 Å². The highest BCUT2D eigenvalue weighted by molar-refractivity contribution is 5.77. The molecule has 1 N–H and O–H groups in total. The average molecular weight is 307 g/mol. The maximum absolute atomic E-state index is 4.52. The highest BCUT2D eigenvalue weighted by Gasteiger charge is 2.06. The van der Waals surface area contributed by atoms with Crippen LogP contribution in [0.3, 0.4) is 0 Å². The van der Waals surface area contributed by atoms with Crippen molar-refractivity contribution in [3.63, 3.8) is 0 Å². The van der Waals surface area contributed by atoms with E-state index in [-0.39, 0.29) is 0 Å². The van der Waals surface area contributed by atoms with Crippen molar-refractivity contribution in [3.8, 4) is 0 Å². The van der Waals surface area contributed by atoms with Crippen molar-refractivity contribution in [1.82, 2.24) is 14.9 Å². The molecule has 3 heteroatoms. The number of imidazole rings is 1. The van der Waals surface area contributed by atoms with Gasteiger partial charge in [-0.15, -0.1) is 0 Å². The van der Waals surface area contributed by atoms with Gasteiger partial charge in [-0.3, -0.25) is 0 Å². The van der Waals surface area contributed by atoms with Gasteiger partial charge < -0.3 is 9.88 Å². The van der Waals surface area contributed by atoms with Crippen molar-refractivity contribution in [2.45, 2.75) is 39.8 Å². The lowest BCUT2D eigenvalue weighted by Gasteiger charge is -2.14. The highest BCUT2D eigenvalue weighted by atomic mass is 15.0. The predicted molar refractivity (Wildman–Crippen MR) is 96.7 cm³/mol. The van der Waals surface area contributed by atoms with Gasteiger partial charge in [0.05, 0.1) is 17.4 Å². The zero-order valence-electron chi connectivity index (χ0n) is 14.2. The minimum atomic E-state index is 0.389. The third kappa shape index (κ3) is 3.62. The Morgan fingerprint density at radius 2 is 1.83 bits per heavy atom. The Morgan fingerprint density at radius 3 is 2.61 bits per heavy atom. The van der Waals surface area contributed by atoms with Gasteiger partial charge in [0, 0.05) is 12.6 Å². The molecule has 0 saturated heterocycles. The Kier molecular flexibility index (Phi) is 4.77. The van der Waals surface area contributed by atoms with E-state index in [1.54, 1.807) is 0 Å². The van der Waals surface area contributed by atoms with E-state index in [1.807, 2.05) is 6.33 Å². The Morgan fingerprint density at radius 1 is 1.09 bits per heavy atom. The summed E-state index contributed by atoms with van der Waals surface area (Å²) in [4.78, 5) is 4.52. The topological polar surface area (TPSA) is 29.9 Å². The van der Waals surface area contributed by atoms with Crippen LogP contribution in [0.1, 0.15) is 36.1 Å². The first-order chi connectivity index (χ1) is 11.1. The zero-order chi connectivity index (χ0) is 16.2. The molecule has 2 aromatic carbocycles. The molecule has 1 aromatic heterocycles. The number of aryl methyl sites for hydroxylation is 3. The number of hydrogen-bond donors (Lipinski definition) is 1. The summed E-state index contributed by atoms with van der Waals surface area (Å²) in [6, 6.07) is 15.4. The monoisotopic (exact) mass is 307 g/mol. The van der Waals surface area contributed by atoms with Gasteiger partial charge in [-0.1, -0.05) is 30.3 Å². The molecule has 120 valence electrons. The molecule has 23 heavy (non-hydrogen) atoms. The Bertz CT molecular complexity index is 774. The fourth-order valence-electron chi connectivity index (χ4n) is 2.92. The smallest absolute Gasteiger partial charge is 0.0958 e. The predicted octanol–water partition coefficient (Wildman–Crippen LogP) is 4.39. The molecule has 3 rings (SSSR count). The van der Waals surface area contributed by atoms with Crippen LogP contribution in [0.2, 0.25) is 0 Å². The molecule has 1 unspecified atom stereocenters. The first-order valence-corrected chi connectivity index (χ1v) is 8.35. The molecule has 0 radical (unpaired) electrons. The minimum Gasteiger partial charge on any atom is -0.331 e. The summed E-state index contributed by atoms with van der Waals surface area (Å²) < 4.78 is 2.26. The summed E-state index contributed by atoms with van der Waals surface area (Å²) in [5.41, 5.74) is 6.31. The van der Waals surface area contributed by atoms with Crippen molar-refractivity contribution < 1.29 is 0 Å². The van der Waals surface area contributed by atoms with Gasteiger partial charge in [0.25, 0.3) is 0 Å². The number of fused-ring (bicyclic) bond motifs is 1. The van der Waals surface area contributed by atoms with Crippen LogP contribution in [0, 0.1) is 13.8 Å². The van der Waals surface area contributed by atoms with E-state index in [1.165, 1.54) is 22.2 Å². The van der Waals surface area contributed by atoms with Crippen molar-refractivity contribution in [2.24, 2.45) is 0 Å². The van der Waals surface area contributed by atoms with Crippen LogP contribution in [0.15, 0.2) is 48.8 Å². The van der Waals surface area contributed by atoms with E-state index >= 15 is 0 Å². The lowest BCUT2D eigenvalue weighted by Crippen LogP contribution is -2.20. The first kappa shape index (κ1) is 15.8. The van der Waals surface area contributed by atoms with Crippen molar-refractivity contribution in [1.29, 1.82) is 0 Å². The molecule has 0 aliphatic heterocycles. The average Bonchev–Trinajstić information content (AvgIpc) is 2.94. The lowest BCUT2D eigenvalue weighted by molar-refractivity contribution is 0.530. The number of rotatable bonds is 6. The summed E-state index contributed by atoms with van der Waals surface area (Å²) >= 11 is 0. The van der Waals surface area contributed by atoms with Crippen LogP contribution >= 0.6 is 0 Å². The van der Waals surface area contributed by atoms with Crippen molar-refractivity contribution >= 4 is 11.0 Å². The molecular formula is C20H25N3. The van der Waals surface area contributed by atoms with Gasteiger partial charge in [0.2, 0.25) is 0 Å². The number of aromatic nitrogens is 2. The number of nitrogens with zero attached hydrogens (tertiary/aromatic N) is 2. The molecular weight excluding hydrogens is 282 g/mol. The summed E-state index contributed by atoms with van der Waals surface area (Å²) in [6.45, 7) is 8.51. The van der Waals surface area contributed by atoms with E-state index in [9.17, 15) is 0 Å². The second-order valence-electron chi connectivity index (χ2n) is 6.30. The van der Waals surface area contributed by atoms with Gasteiger partial charge in [-0.2, -0.15) is 0 Å².